The second-order valence-corrected chi connectivity index (χ2v) is 5.99. The van der Waals surface area contributed by atoms with Crippen molar-refractivity contribution in [2.45, 2.75) is 19.6 Å². The zero-order valence-electron chi connectivity index (χ0n) is 11.8. The van der Waals surface area contributed by atoms with Crippen molar-refractivity contribution in [2.75, 3.05) is 5.73 Å². The van der Waals surface area contributed by atoms with E-state index in [0.717, 1.165) is 4.88 Å². The summed E-state index contributed by atoms with van der Waals surface area (Å²) in [5, 5.41) is 4.90. The monoisotopic (exact) mass is 338 g/mol. The van der Waals surface area contributed by atoms with Crippen LogP contribution in [0.3, 0.4) is 0 Å². The maximum Gasteiger partial charge on any atom is 0.341 e. The van der Waals surface area contributed by atoms with Crippen LogP contribution < -0.4 is 11.1 Å². The molecule has 1 atom stereocenters. The van der Waals surface area contributed by atoms with E-state index in [1.165, 1.54) is 24.3 Å². The fourth-order valence-corrected chi connectivity index (χ4v) is 2.54. The van der Waals surface area contributed by atoms with E-state index in [9.17, 15) is 9.59 Å². The molecule has 0 radical (unpaired) electrons. The van der Waals surface area contributed by atoms with Crippen LogP contribution >= 0.6 is 22.9 Å². The predicted molar refractivity (Wildman–Crippen MR) is 86.9 cm³/mol. The minimum Gasteiger partial charge on any atom is -0.449 e. The van der Waals surface area contributed by atoms with Crippen LogP contribution in [0.4, 0.5) is 5.69 Å². The molecule has 3 N–H and O–H groups in total. The van der Waals surface area contributed by atoms with E-state index >= 15 is 0 Å². The van der Waals surface area contributed by atoms with E-state index in [1.54, 1.807) is 12.1 Å². The molecule has 116 valence electrons. The van der Waals surface area contributed by atoms with E-state index in [0.29, 0.717) is 6.54 Å². The van der Waals surface area contributed by atoms with Gasteiger partial charge in [0.25, 0.3) is 5.91 Å². The van der Waals surface area contributed by atoms with Crippen molar-refractivity contribution in [3.05, 3.63) is 51.2 Å². The summed E-state index contributed by atoms with van der Waals surface area (Å²) in [5.41, 5.74) is 6.01. The second-order valence-electron chi connectivity index (χ2n) is 4.55. The highest BCUT2D eigenvalue weighted by Crippen LogP contribution is 2.23. The van der Waals surface area contributed by atoms with Crippen molar-refractivity contribution in [1.82, 2.24) is 5.32 Å². The Bertz CT molecular complexity index is 673. The Hall–Kier alpha value is -2.05. The lowest BCUT2D eigenvalue weighted by Crippen LogP contribution is -2.35. The van der Waals surface area contributed by atoms with Crippen molar-refractivity contribution in [1.29, 1.82) is 0 Å². The van der Waals surface area contributed by atoms with Crippen LogP contribution in [0.15, 0.2) is 35.7 Å². The minimum absolute atomic E-state index is 0.139. The quantitative estimate of drug-likeness (QED) is 0.648. The summed E-state index contributed by atoms with van der Waals surface area (Å²) in [6, 6.07) is 8.48. The highest BCUT2D eigenvalue weighted by molar-refractivity contribution is 7.09. The number of esters is 1. The Balaban J connectivity index is 1.93. The highest BCUT2D eigenvalue weighted by Gasteiger charge is 2.20. The van der Waals surface area contributed by atoms with Gasteiger partial charge in [0.15, 0.2) is 6.10 Å². The summed E-state index contributed by atoms with van der Waals surface area (Å²) in [4.78, 5) is 25.0. The van der Waals surface area contributed by atoms with Crippen LogP contribution in [-0.4, -0.2) is 18.0 Å². The molecule has 0 saturated carbocycles. The van der Waals surface area contributed by atoms with Crippen molar-refractivity contribution in [3.8, 4) is 0 Å². The third-order valence-corrected chi connectivity index (χ3v) is 4.15. The number of hydrogen-bond acceptors (Lipinski definition) is 5. The molecule has 0 bridgehead atoms. The molecular formula is C15H15ClN2O3S. The van der Waals surface area contributed by atoms with Gasteiger partial charge in [-0.25, -0.2) is 4.79 Å². The van der Waals surface area contributed by atoms with Crippen LogP contribution in [0.1, 0.15) is 22.2 Å². The van der Waals surface area contributed by atoms with Gasteiger partial charge in [-0.2, -0.15) is 0 Å². The standard InChI is InChI=1S/C15H15ClN2O3S/c1-9(14(19)18-8-10-4-3-7-22-10)21-15(20)11-5-2-6-12(16)13(11)17/h2-7,9H,8,17H2,1H3,(H,18,19)/t9-/m1/s1. The molecule has 1 aromatic carbocycles. The largest absolute Gasteiger partial charge is 0.449 e. The first-order chi connectivity index (χ1) is 10.5. The molecule has 0 aliphatic rings. The zero-order valence-corrected chi connectivity index (χ0v) is 13.4. The Labute approximate surface area is 137 Å². The second kappa shape index (κ2) is 7.29. The number of carbonyl (C=O) groups is 2. The number of amides is 1. The van der Waals surface area contributed by atoms with Gasteiger partial charge in [0, 0.05) is 4.88 Å². The van der Waals surface area contributed by atoms with Crippen LogP contribution in [0.2, 0.25) is 5.02 Å². The van der Waals surface area contributed by atoms with Gasteiger partial charge >= 0.3 is 5.97 Å². The van der Waals surface area contributed by atoms with Crippen molar-refractivity contribution >= 4 is 40.5 Å². The third-order valence-electron chi connectivity index (χ3n) is 2.94. The number of halogens is 1. The number of thiophene rings is 1. The average molecular weight is 339 g/mol. The van der Waals surface area contributed by atoms with E-state index < -0.39 is 12.1 Å². The topological polar surface area (TPSA) is 81.4 Å². The highest BCUT2D eigenvalue weighted by atomic mass is 35.5. The molecule has 22 heavy (non-hydrogen) atoms. The number of carbonyl (C=O) groups excluding carboxylic acids is 2. The lowest BCUT2D eigenvalue weighted by atomic mass is 10.2. The zero-order chi connectivity index (χ0) is 16.1. The molecule has 0 aliphatic heterocycles. The molecular weight excluding hydrogens is 324 g/mol. The Morgan fingerprint density at radius 1 is 1.36 bits per heavy atom. The first-order valence-electron chi connectivity index (χ1n) is 6.54. The number of nitrogen functional groups attached to an aromatic ring is 1. The molecule has 5 nitrogen and oxygen atoms in total. The number of benzene rings is 1. The first-order valence-corrected chi connectivity index (χ1v) is 7.80. The van der Waals surface area contributed by atoms with Gasteiger partial charge in [-0.05, 0) is 30.5 Å². The number of nitrogens with one attached hydrogen (secondary N) is 1. The van der Waals surface area contributed by atoms with Crippen molar-refractivity contribution in [3.63, 3.8) is 0 Å². The number of anilines is 1. The summed E-state index contributed by atoms with van der Waals surface area (Å²) in [6.07, 6.45) is -0.925. The van der Waals surface area contributed by atoms with Crippen LogP contribution in [0, 0.1) is 0 Å². The summed E-state index contributed by atoms with van der Waals surface area (Å²) >= 11 is 7.39. The summed E-state index contributed by atoms with van der Waals surface area (Å²) in [6.45, 7) is 1.90. The molecule has 1 amide bonds. The van der Waals surface area contributed by atoms with E-state index in [2.05, 4.69) is 5.32 Å². The summed E-state index contributed by atoms with van der Waals surface area (Å²) < 4.78 is 5.12. The fraction of sp³-hybridized carbons (Fsp3) is 0.200. The molecule has 0 saturated heterocycles. The maximum atomic E-state index is 12.0. The summed E-state index contributed by atoms with van der Waals surface area (Å²) in [7, 11) is 0. The smallest absolute Gasteiger partial charge is 0.341 e. The maximum absolute atomic E-state index is 12.0. The molecule has 0 spiro atoms. The number of hydrogen-bond donors (Lipinski definition) is 2. The SMILES string of the molecule is C[C@@H](OC(=O)c1cccc(Cl)c1N)C(=O)NCc1cccs1. The molecule has 0 fully saturated rings. The molecule has 1 aromatic heterocycles. The normalized spacial score (nSPS) is 11.7. The Morgan fingerprint density at radius 2 is 2.14 bits per heavy atom. The number of rotatable bonds is 5. The lowest BCUT2D eigenvalue weighted by Gasteiger charge is -2.14. The third kappa shape index (κ3) is 3.99. The van der Waals surface area contributed by atoms with Crippen molar-refractivity contribution < 1.29 is 14.3 Å². The molecule has 7 heteroatoms. The molecule has 0 aliphatic carbocycles. The van der Waals surface area contributed by atoms with Gasteiger partial charge in [-0.15, -0.1) is 11.3 Å². The Kier molecular flexibility index (Phi) is 5.41. The predicted octanol–water partition coefficient (Wildman–Crippen LogP) is 2.85. The van der Waals surface area contributed by atoms with Crippen LogP contribution in [0.5, 0.6) is 0 Å². The number of para-hydroxylation sites is 1. The lowest BCUT2D eigenvalue weighted by molar-refractivity contribution is -0.129. The molecule has 2 rings (SSSR count). The van der Waals surface area contributed by atoms with Crippen LogP contribution in [-0.2, 0) is 16.1 Å². The van der Waals surface area contributed by atoms with Gasteiger partial charge < -0.3 is 15.8 Å². The summed E-state index contributed by atoms with van der Waals surface area (Å²) in [5.74, 6) is -1.05. The average Bonchev–Trinajstić information content (AvgIpc) is 3.00. The van der Waals surface area contributed by atoms with Gasteiger partial charge in [0.1, 0.15) is 0 Å². The first kappa shape index (κ1) is 16.3. The molecule has 0 unspecified atom stereocenters. The van der Waals surface area contributed by atoms with Gasteiger partial charge in [0.05, 0.1) is 22.8 Å². The minimum atomic E-state index is -0.925. The van der Waals surface area contributed by atoms with Gasteiger partial charge in [-0.1, -0.05) is 23.7 Å². The van der Waals surface area contributed by atoms with Crippen LogP contribution in [0.25, 0.3) is 0 Å². The van der Waals surface area contributed by atoms with E-state index in [1.807, 2.05) is 17.5 Å². The molecule has 2 aromatic rings. The number of ether oxygens (including phenoxy) is 1. The molecule has 1 heterocycles. The van der Waals surface area contributed by atoms with E-state index in [-0.39, 0.29) is 22.2 Å². The van der Waals surface area contributed by atoms with Gasteiger partial charge in [-0.3, -0.25) is 4.79 Å². The van der Waals surface area contributed by atoms with Gasteiger partial charge in [0.2, 0.25) is 0 Å². The number of nitrogens with two attached hydrogens (primary N) is 1. The van der Waals surface area contributed by atoms with E-state index in [4.69, 9.17) is 22.1 Å². The Morgan fingerprint density at radius 3 is 2.82 bits per heavy atom. The fourth-order valence-electron chi connectivity index (χ4n) is 1.72. The van der Waals surface area contributed by atoms with Crippen molar-refractivity contribution in [2.24, 2.45) is 0 Å².